The lowest BCUT2D eigenvalue weighted by atomic mass is 10.1. The van der Waals surface area contributed by atoms with E-state index in [2.05, 4.69) is 4.72 Å². The fraction of sp³-hybridized carbons (Fsp3) is 0.400. The Balaban J connectivity index is 1.53. The summed E-state index contributed by atoms with van der Waals surface area (Å²) >= 11 is 0. The predicted octanol–water partition coefficient (Wildman–Crippen LogP) is 2.83. The second kappa shape index (κ2) is 7.59. The van der Waals surface area contributed by atoms with Crippen LogP contribution in [0.25, 0.3) is 0 Å². The van der Waals surface area contributed by atoms with Crippen LogP contribution in [0.5, 0.6) is 0 Å². The highest BCUT2D eigenvalue weighted by molar-refractivity contribution is 7.89. The van der Waals surface area contributed by atoms with Gasteiger partial charge in [0.05, 0.1) is 9.79 Å². The molecule has 0 bridgehead atoms. The number of hydrogen-bond acceptors (Lipinski definition) is 4. The van der Waals surface area contributed by atoms with Gasteiger partial charge >= 0.3 is 0 Å². The van der Waals surface area contributed by atoms with Crippen LogP contribution in [0, 0.1) is 0 Å². The summed E-state index contributed by atoms with van der Waals surface area (Å²) in [6, 6.07) is 13.1. The van der Waals surface area contributed by atoms with Gasteiger partial charge in [-0.05, 0) is 61.1 Å². The Hall–Kier alpha value is -1.74. The van der Waals surface area contributed by atoms with E-state index in [0.717, 1.165) is 43.2 Å². The van der Waals surface area contributed by atoms with Crippen molar-refractivity contribution in [2.24, 2.45) is 0 Å². The van der Waals surface area contributed by atoms with Gasteiger partial charge in [-0.15, -0.1) is 0 Å². The Morgan fingerprint density at radius 2 is 1.46 bits per heavy atom. The topological polar surface area (TPSA) is 83.5 Å². The van der Waals surface area contributed by atoms with Crippen LogP contribution in [0.15, 0.2) is 58.3 Å². The smallest absolute Gasteiger partial charge is 0.207 e. The summed E-state index contributed by atoms with van der Waals surface area (Å²) in [7, 11) is -7.30. The molecule has 1 fully saturated rings. The zero-order chi connectivity index (χ0) is 19.8. The fourth-order valence-corrected chi connectivity index (χ4v) is 6.75. The van der Waals surface area contributed by atoms with Gasteiger partial charge in [0.25, 0.3) is 0 Å². The number of fused-ring (bicyclic) bond motifs is 1. The van der Waals surface area contributed by atoms with Crippen LogP contribution in [0.1, 0.15) is 42.9 Å². The minimum Gasteiger partial charge on any atom is -0.207 e. The van der Waals surface area contributed by atoms with Crippen LogP contribution < -0.4 is 4.72 Å². The molecule has 0 spiro atoms. The lowest BCUT2D eigenvalue weighted by Crippen LogP contribution is -2.35. The van der Waals surface area contributed by atoms with Crippen molar-refractivity contribution in [1.29, 1.82) is 0 Å². The number of nitrogens with zero attached hydrogens (tertiary/aromatic N) is 1. The summed E-state index contributed by atoms with van der Waals surface area (Å²) in [5.74, 6) is 0. The van der Waals surface area contributed by atoms with Gasteiger partial charge in [0, 0.05) is 19.1 Å². The van der Waals surface area contributed by atoms with Crippen LogP contribution in [0.4, 0.5) is 0 Å². The SMILES string of the molecule is O=S(=O)(N[C@H]1CCc2ccccc21)c1ccc(S(=O)(=O)N2CCCCC2)cc1. The van der Waals surface area contributed by atoms with E-state index in [1.807, 2.05) is 24.3 Å². The van der Waals surface area contributed by atoms with Gasteiger partial charge in [0.2, 0.25) is 20.0 Å². The van der Waals surface area contributed by atoms with E-state index in [-0.39, 0.29) is 15.8 Å². The number of rotatable bonds is 5. The fourth-order valence-electron chi connectivity index (χ4n) is 3.98. The van der Waals surface area contributed by atoms with Crippen LogP contribution in [0.3, 0.4) is 0 Å². The van der Waals surface area contributed by atoms with Crippen molar-refractivity contribution in [1.82, 2.24) is 9.03 Å². The normalized spacial score (nSPS) is 20.8. The quantitative estimate of drug-likeness (QED) is 0.806. The molecule has 2 aromatic rings. The van der Waals surface area contributed by atoms with Crippen molar-refractivity contribution < 1.29 is 16.8 Å². The van der Waals surface area contributed by atoms with E-state index in [9.17, 15) is 16.8 Å². The molecule has 1 atom stereocenters. The zero-order valence-electron chi connectivity index (χ0n) is 15.5. The maximum Gasteiger partial charge on any atom is 0.243 e. The van der Waals surface area contributed by atoms with Crippen molar-refractivity contribution in [2.45, 2.75) is 47.9 Å². The number of aryl methyl sites for hydroxylation is 1. The molecule has 2 aromatic carbocycles. The number of sulfonamides is 2. The van der Waals surface area contributed by atoms with Crippen molar-refractivity contribution in [2.75, 3.05) is 13.1 Å². The summed E-state index contributed by atoms with van der Waals surface area (Å²) in [4.78, 5) is 0.217. The molecule has 0 amide bonds. The number of nitrogens with one attached hydrogen (secondary N) is 1. The summed E-state index contributed by atoms with van der Waals surface area (Å²) in [5, 5.41) is 0. The van der Waals surface area contributed by atoms with Crippen LogP contribution in [-0.2, 0) is 26.5 Å². The first kappa shape index (κ1) is 19.6. The number of benzene rings is 2. The average molecular weight is 421 g/mol. The Morgan fingerprint density at radius 1 is 0.821 bits per heavy atom. The molecule has 0 saturated carbocycles. The maximum absolute atomic E-state index is 12.8. The largest absolute Gasteiger partial charge is 0.243 e. The molecule has 28 heavy (non-hydrogen) atoms. The molecule has 8 heteroatoms. The van der Waals surface area contributed by atoms with E-state index in [4.69, 9.17) is 0 Å². The molecule has 0 radical (unpaired) electrons. The Bertz CT molecular complexity index is 1060. The van der Waals surface area contributed by atoms with Gasteiger partial charge in [-0.25, -0.2) is 21.6 Å². The van der Waals surface area contributed by atoms with E-state index in [1.54, 1.807) is 0 Å². The van der Waals surface area contributed by atoms with E-state index in [0.29, 0.717) is 13.1 Å². The highest BCUT2D eigenvalue weighted by atomic mass is 32.2. The first-order valence-corrected chi connectivity index (χ1v) is 12.5. The molecule has 150 valence electrons. The minimum atomic E-state index is -3.73. The standard InChI is InChI=1S/C20H24N2O4S2/c23-27(24,21-20-13-8-16-6-2-3-7-19(16)20)17-9-11-18(12-10-17)28(25,26)22-14-4-1-5-15-22/h2-3,6-7,9-12,20-21H,1,4-5,8,13-15H2/t20-/m0/s1. The highest BCUT2D eigenvalue weighted by Gasteiger charge is 2.29. The molecule has 0 aromatic heterocycles. The van der Waals surface area contributed by atoms with E-state index < -0.39 is 20.0 Å². The van der Waals surface area contributed by atoms with Gasteiger partial charge < -0.3 is 0 Å². The molecule has 2 aliphatic rings. The third kappa shape index (κ3) is 3.74. The Labute approximate surface area is 166 Å². The molecule has 1 aliphatic heterocycles. The lowest BCUT2D eigenvalue weighted by molar-refractivity contribution is 0.346. The first-order chi connectivity index (χ1) is 13.4. The zero-order valence-corrected chi connectivity index (χ0v) is 17.2. The second-order valence-corrected chi connectivity index (χ2v) is 11.0. The van der Waals surface area contributed by atoms with Gasteiger partial charge in [0.15, 0.2) is 0 Å². The van der Waals surface area contributed by atoms with Gasteiger partial charge in [-0.2, -0.15) is 4.31 Å². The summed E-state index contributed by atoms with van der Waals surface area (Å²) in [6.45, 7) is 1.04. The monoisotopic (exact) mass is 420 g/mol. The number of hydrogen-bond donors (Lipinski definition) is 1. The highest BCUT2D eigenvalue weighted by Crippen LogP contribution is 2.32. The van der Waals surface area contributed by atoms with Gasteiger partial charge in [-0.3, -0.25) is 0 Å². The molecule has 1 N–H and O–H groups in total. The second-order valence-electron chi connectivity index (χ2n) is 7.35. The van der Waals surface area contributed by atoms with Crippen molar-refractivity contribution >= 4 is 20.0 Å². The molecule has 1 heterocycles. The van der Waals surface area contributed by atoms with Crippen molar-refractivity contribution in [3.05, 3.63) is 59.7 Å². The van der Waals surface area contributed by atoms with E-state index in [1.165, 1.54) is 28.6 Å². The molecule has 4 rings (SSSR count). The predicted molar refractivity (Wildman–Crippen MR) is 107 cm³/mol. The summed E-state index contributed by atoms with van der Waals surface area (Å²) < 4.78 is 55.3. The summed E-state index contributed by atoms with van der Waals surface area (Å²) in [5.41, 5.74) is 2.17. The third-order valence-electron chi connectivity index (χ3n) is 5.52. The van der Waals surface area contributed by atoms with Crippen LogP contribution in [0.2, 0.25) is 0 Å². The Kier molecular flexibility index (Phi) is 5.30. The molecular weight excluding hydrogens is 396 g/mol. The third-order valence-corrected chi connectivity index (χ3v) is 8.92. The van der Waals surface area contributed by atoms with Crippen molar-refractivity contribution in [3.8, 4) is 0 Å². The molecule has 0 unspecified atom stereocenters. The molecular formula is C20H24N2O4S2. The molecule has 1 saturated heterocycles. The van der Waals surface area contributed by atoms with E-state index >= 15 is 0 Å². The average Bonchev–Trinajstić information content (AvgIpc) is 3.11. The maximum atomic E-state index is 12.8. The molecule has 1 aliphatic carbocycles. The van der Waals surface area contributed by atoms with Gasteiger partial charge in [-0.1, -0.05) is 30.7 Å². The number of piperidine rings is 1. The van der Waals surface area contributed by atoms with Gasteiger partial charge in [0.1, 0.15) is 0 Å². The first-order valence-electron chi connectivity index (χ1n) is 9.58. The Morgan fingerprint density at radius 3 is 2.18 bits per heavy atom. The van der Waals surface area contributed by atoms with Crippen LogP contribution in [-0.4, -0.2) is 34.2 Å². The molecule has 6 nitrogen and oxygen atoms in total. The van der Waals surface area contributed by atoms with Crippen LogP contribution >= 0.6 is 0 Å². The summed E-state index contributed by atoms with van der Waals surface area (Å²) in [6.07, 6.45) is 4.33. The lowest BCUT2D eigenvalue weighted by Gasteiger charge is -2.25. The van der Waals surface area contributed by atoms with Crippen molar-refractivity contribution in [3.63, 3.8) is 0 Å². The minimum absolute atomic E-state index is 0.0782.